The van der Waals surface area contributed by atoms with Crippen LogP contribution in [0.25, 0.3) is 0 Å². The lowest BCUT2D eigenvalue weighted by Crippen LogP contribution is -2.44. The van der Waals surface area contributed by atoms with E-state index in [9.17, 15) is 9.59 Å². The van der Waals surface area contributed by atoms with E-state index >= 15 is 0 Å². The van der Waals surface area contributed by atoms with Gasteiger partial charge >= 0.3 is 5.97 Å². The Balaban J connectivity index is 2.13. The molecular weight excluding hydrogens is 236 g/mol. The van der Waals surface area contributed by atoms with Gasteiger partial charge in [-0.2, -0.15) is 0 Å². The molecule has 1 aromatic heterocycles. The zero-order valence-electron chi connectivity index (χ0n) is 10.6. The number of hydrogen-bond acceptors (Lipinski definition) is 4. The van der Waals surface area contributed by atoms with E-state index in [1.807, 2.05) is 0 Å². The molecule has 1 heterocycles. The summed E-state index contributed by atoms with van der Waals surface area (Å²) in [5.41, 5.74) is 0.341. The van der Waals surface area contributed by atoms with Gasteiger partial charge in [0.05, 0.1) is 11.6 Å². The lowest BCUT2D eigenvalue weighted by molar-refractivity contribution is -0.143. The Hall–Kier alpha value is -1.85. The molecule has 2 N–H and O–H groups in total. The summed E-state index contributed by atoms with van der Waals surface area (Å²) in [4.78, 5) is 23.1. The molecule has 0 spiro atoms. The van der Waals surface area contributed by atoms with Crippen molar-refractivity contribution < 1.29 is 19.2 Å². The average molecular weight is 252 g/mol. The van der Waals surface area contributed by atoms with Crippen molar-refractivity contribution in [1.82, 2.24) is 10.5 Å². The summed E-state index contributed by atoms with van der Waals surface area (Å²) >= 11 is 0. The number of nitrogens with one attached hydrogen (secondary N) is 1. The van der Waals surface area contributed by atoms with E-state index in [-0.39, 0.29) is 5.91 Å². The summed E-state index contributed by atoms with van der Waals surface area (Å²) in [7, 11) is 0. The number of amides is 1. The Morgan fingerprint density at radius 2 is 2.06 bits per heavy atom. The average Bonchev–Trinajstić information content (AvgIpc) is 3.00. The number of carboxylic acids is 1. The fourth-order valence-corrected chi connectivity index (χ4v) is 2.10. The fraction of sp³-hybridized carbons (Fsp3) is 0.583. The van der Waals surface area contributed by atoms with Crippen LogP contribution < -0.4 is 5.32 Å². The fourth-order valence-electron chi connectivity index (χ4n) is 2.10. The van der Waals surface area contributed by atoms with Crippen molar-refractivity contribution in [2.45, 2.75) is 45.1 Å². The number of carbonyl (C=O) groups excluding carboxylic acids is 1. The van der Waals surface area contributed by atoms with Crippen LogP contribution in [0.1, 0.15) is 42.7 Å². The van der Waals surface area contributed by atoms with Gasteiger partial charge in [0.15, 0.2) is 0 Å². The van der Waals surface area contributed by atoms with E-state index in [1.54, 1.807) is 20.8 Å². The van der Waals surface area contributed by atoms with E-state index in [1.165, 1.54) is 0 Å². The molecule has 1 atom stereocenters. The molecule has 1 fully saturated rings. The molecule has 1 aliphatic rings. The van der Waals surface area contributed by atoms with E-state index < -0.39 is 17.4 Å². The topological polar surface area (TPSA) is 92.4 Å². The smallest absolute Gasteiger partial charge is 0.329 e. The number of nitrogens with zero attached hydrogens (tertiary/aromatic N) is 1. The van der Waals surface area contributed by atoms with Gasteiger partial charge in [0, 0.05) is 5.56 Å². The first-order valence-corrected chi connectivity index (χ1v) is 5.85. The molecule has 0 aromatic carbocycles. The summed E-state index contributed by atoms with van der Waals surface area (Å²) in [5.74, 6) is -1.14. The quantitative estimate of drug-likeness (QED) is 0.837. The third kappa shape index (κ3) is 1.98. The lowest BCUT2D eigenvalue weighted by Gasteiger charge is -2.16. The van der Waals surface area contributed by atoms with Crippen LogP contribution in [0.5, 0.6) is 0 Å². The van der Waals surface area contributed by atoms with Crippen molar-refractivity contribution in [2.24, 2.45) is 0 Å². The molecule has 0 saturated heterocycles. The minimum absolute atomic E-state index is 0.302. The highest BCUT2D eigenvalue weighted by molar-refractivity contribution is 5.92. The molecule has 0 bridgehead atoms. The van der Waals surface area contributed by atoms with Crippen molar-refractivity contribution in [3.05, 3.63) is 17.0 Å². The van der Waals surface area contributed by atoms with Crippen LogP contribution in [0.4, 0.5) is 0 Å². The summed E-state index contributed by atoms with van der Waals surface area (Å²) in [6, 6.07) is 0. The van der Waals surface area contributed by atoms with Gasteiger partial charge < -0.3 is 14.9 Å². The van der Waals surface area contributed by atoms with Gasteiger partial charge in [-0.15, -0.1) is 0 Å². The van der Waals surface area contributed by atoms with Gasteiger partial charge in [-0.25, -0.2) is 4.79 Å². The number of rotatable bonds is 4. The Bertz CT molecular complexity index is 483. The van der Waals surface area contributed by atoms with Crippen LogP contribution in [-0.4, -0.2) is 27.7 Å². The van der Waals surface area contributed by atoms with Crippen LogP contribution in [-0.2, 0) is 9.59 Å². The van der Waals surface area contributed by atoms with Crippen LogP contribution in [0, 0.1) is 13.8 Å². The molecule has 1 saturated carbocycles. The first-order chi connectivity index (χ1) is 8.37. The Labute approximate surface area is 104 Å². The Morgan fingerprint density at radius 1 is 1.44 bits per heavy atom. The van der Waals surface area contributed by atoms with Crippen LogP contribution in [0.2, 0.25) is 0 Å². The van der Waals surface area contributed by atoms with Gasteiger partial charge in [0.1, 0.15) is 11.3 Å². The van der Waals surface area contributed by atoms with Crippen molar-refractivity contribution in [2.75, 3.05) is 0 Å². The first kappa shape index (κ1) is 12.6. The highest BCUT2D eigenvalue weighted by Crippen LogP contribution is 2.36. The summed E-state index contributed by atoms with van der Waals surface area (Å²) < 4.78 is 5.01. The highest BCUT2D eigenvalue weighted by atomic mass is 16.5. The highest BCUT2D eigenvalue weighted by Gasteiger charge is 2.52. The maximum atomic E-state index is 12.1. The van der Waals surface area contributed by atoms with Crippen molar-refractivity contribution in [3.63, 3.8) is 0 Å². The predicted molar refractivity (Wildman–Crippen MR) is 62.1 cm³/mol. The van der Waals surface area contributed by atoms with E-state index in [0.29, 0.717) is 24.3 Å². The van der Waals surface area contributed by atoms with Crippen LogP contribution in [0.15, 0.2) is 4.52 Å². The molecule has 1 unspecified atom stereocenters. The molecule has 0 radical (unpaired) electrons. The van der Waals surface area contributed by atoms with Crippen LogP contribution in [0.3, 0.4) is 0 Å². The number of aliphatic carboxylic acids is 1. The molecule has 6 heteroatoms. The van der Waals surface area contributed by atoms with Gasteiger partial charge in [-0.05, 0) is 33.6 Å². The number of carboxylic acid groups (broad SMARTS) is 1. The van der Waals surface area contributed by atoms with E-state index in [4.69, 9.17) is 9.63 Å². The molecule has 2 rings (SSSR count). The van der Waals surface area contributed by atoms with Gasteiger partial charge in [0.2, 0.25) is 5.91 Å². The Kier molecular flexibility index (Phi) is 2.88. The molecule has 98 valence electrons. The second-order valence-electron chi connectivity index (χ2n) is 4.84. The maximum Gasteiger partial charge on any atom is 0.329 e. The summed E-state index contributed by atoms with van der Waals surface area (Å²) in [6.45, 7) is 5.22. The van der Waals surface area contributed by atoms with E-state index in [0.717, 1.165) is 5.56 Å². The largest absolute Gasteiger partial charge is 0.480 e. The monoisotopic (exact) mass is 252 g/mol. The van der Waals surface area contributed by atoms with Crippen LogP contribution >= 0.6 is 0 Å². The molecular formula is C12H16N2O4. The second kappa shape index (κ2) is 4.12. The molecule has 1 amide bonds. The summed E-state index contributed by atoms with van der Waals surface area (Å²) in [6.07, 6.45) is 0.977. The number of aromatic nitrogens is 1. The van der Waals surface area contributed by atoms with E-state index in [2.05, 4.69) is 10.5 Å². The lowest BCUT2D eigenvalue weighted by atomic mass is 9.98. The standard InChI is InChI=1S/C12H16N2O4/c1-6(9-7(2)14-18-8(9)3)10(15)13-12(4-5-12)11(16)17/h6H,4-5H2,1-3H3,(H,13,15)(H,16,17). The minimum atomic E-state index is -1.05. The molecule has 6 nitrogen and oxygen atoms in total. The first-order valence-electron chi connectivity index (χ1n) is 5.85. The number of carbonyl (C=O) groups is 2. The van der Waals surface area contributed by atoms with Gasteiger partial charge in [0.25, 0.3) is 0 Å². The maximum absolute atomic E-state index is 12.1. The van der Waals surface area contributed by atoms with Crippen molar-refractivity contribution >= 4 is 11.9 Å². The van der Waals surface area contributed by atoms with Gasteiger partial charge in [-0.1, -0.05) is 5.16 Å². The molecule has 0 aliphatic heterocycles. The minimum Gasteiger partial charge on any atom is -0.480 e. The molecule has 1 aliphatic carbocycles. The third-order valence-corrected chi connectivity index (χ3v) is 3.44. The van der Waals surface area contributed by atoms with Crippen molar-refractivity contribution in [3.8, 4) is 0 Å². The summed E-state index contributed by atoms with van der Waals surface area (Å²) in [5, 5.41) is 15.4. The van der Waals surface area contributed by atoms with Gasteiger partial charge in [-0.3, -0.25) is 4.79 Å². The van der Waals surface area contributed by atoms with Crippen molar-refractivity contribution in [1.29, 1.82) is 0 Å². The second-order valence-corrected chi connectivity index (χ2v) is 4.84. The zero-order chi connectivity index (χ0) is 13.5. The predicted octanol–water partition coefficient (Wildman–Crippen LogP) is 1.13. The number of aryl methyl sites for hydroxylation is 2. The Morgan fingerprint density at radius 3 is 2.44 bits per heavy atom. The molecule has 18 heavy (non-hydrogen) atoms. The normalized spacial score (nSPS) is 18.2. The SMILES string of the molecule is Cc1noc(C)c1C(C)C(=O)NC1(C(=O)O)CC1. The number of hydrogen-bond donors (Lipinski definition) is 2. The zero-order valence-corrected chi connectivity index (χ0v) is 10.6. The molecule has 1 aromatic rings. The third-order valence-electron chi connectivity index (χ3n) is 3.44.